The fourth-order valence-corrected chi connectivity index (χ4v) is 3.34. The lowest BCUT2D eigenvalue weighted by Gasteiger charge is -2.15. The third-order valence-electron chi connectivity index (χ3n) is 3.80. The van der Waals surface area contributed by atoms with E-state index in [1.165, 1.54) is 0 Å². The van der Waals surface area contributed by atoms with E-state index in [9.17, 15) is 4.79 Å². The minimum Gasteiger partial charge on any atom is -0.504 e. The van der Waals surface area contributed by atoms with E-state index >= 15 is 0 Å². The molecule has 34 heavy (non-hydrogen) atoms. The Morgan fingerprint density at radius 1 is 0.706 bits per heavy atom. The Bertz CT molecular complexity index is 911. The van der Waals surface area contributed by atoms with Crippen LogP contribution < -0.4 is 18.9 Å². The van der Waals surface area contributed by atoms with Crippen molar-refractivity contribution >= 4 is 44.2 Å². The van der Waals surface area contributed by atoms with Gasteiger partial charge >= 0.3 is 0 Å². The molecule has 6 nitrogen and oxygen atoms in total. The standard InChI is InChI=1S/C13H17BrO3.C11H13BrO3.2CH4/c1-9(2)17-13-7-10(5-6-15-3)11(14)8-12(13)16-4;1-7(2)15-11-4-8(6-13)9(12)5-10(11)14-3;;/h5-9H,1-4H3;4-7H,1-3H3;2*1H4. The van der Waals surface area contributed by atoms with E-state index in [0.29, 0.717) is 27.3 Å². The number of hydrogen-bond acceptors (Lipinski definition) is 6. The molecule has 0 aromatic heterocycles. The zero-order chi connectivity index (χ0) is 24.3. The topological polar surface area (TPSA) is 63.2 Å². The number of carbonyl (C=O) groups is 1. The molecule has 0 unspecified atom stereocenters. The lowest BCUT2D eigenvalue weighted by atomic mass is 10.2. The first-order chi connectivity index (χ1) is 15.2. The van der Waals surface area contributed by atoms with Crippen LogP contribution >= 0.6 is 31.9 Å². The van der Waals surface area contributed by atoms with Crippen LogP contribution in [0.4, 0.5) is 0 Å². The molecule has 0 saturated heterocycles. The van der Waals surface area contributed by atoms with Gasteiger partial charge in [-0.1, -0.05) is 30.8 Å². The van der Waals surface area contributed by atoms with E-state index in [2.05, 4.69) is 31.9 Å². The van der Waals surface area contributed by atoms with Crippen LogP contribution in [0.15, 0.2) is 39.5 Å². The Kier molecular flexibility index (Phi) is 17.3. The highest BCUT2D eigenvalue weighted by Gasteiger charge is 2.11. The number of rotatable bonds is 9. The van der Waals surface area contributed by atoms with Crippen molar-refractivity contribution in [1.29, 1.82) is 0 Å². The highest BCUT2D eigenvalue weighted by Crippen LogP contribution is 2.35. The van der Waals surface area contributed by atoms with Crippen molar-refractivity contribution < 1.29 is 28.5 Å². The van der Waals surface area contributed by atoms with Gasteiger partial charge in [-0.15, -0.1) is 0 Å². The van der Waals surface area contributed by atoms with Gasteiger partial charge in [0.1, 0.15) is 0 Å². The Morgan fingerprint density at radius 2 is 1.12 bits per heavy atom. The van der Waals surface area contributed by atoms with Crippen molar-refractivity contribution in [3.8, 4) is 23.0 Å². The van der Waals surface area contributed by atoms with Crippen LogP contribution in [0, 0.1) is 0 Å². The van der Waals surface area contributed by atoms with Gasteiger partial charge in [0.25, 0.3) is 0 Å². The predicted molar refractivity (Wildman–Crippen MR) is 148 cm³/mol. The maximum Gasteiger partial charge on any atom is 0.162 e. The van der Waals surface area contributed by atoms with E-state index in [1.54, 1.807) is 39.7 Å². The second kappa shape index (κ2) is 17.3. The molecule has 0 aliphatic heterocycles. The van der Waals surface area contributed by atoms with E-state index < -0.39 is 0 Å². The van der Waals surface area contributed by atoms with E-state index in [-0.39, 0.29) is 27.1 Å². The third-order valence-corrected chi connectivity index (χ3v) is 5.18. The molecule has 0 atom stereocenters. The number of benzene rings is 2. The van der Waals surface area contributed by atoms with Crippen LogP contribution in [0.3, 0.4) is 0 Å². The van der Waals surface area contributed by atoms with Crippen LogP contribution in [0.5, 0.6) is 23.0 Å². The van der Waals surface area contributed by atoms with Crippen LogP contribution in [0.2, 0.25) is 0 Å². The molecule has 0 aliphatic carbocycles. The summed E-state index contributed by atoms with van der Waals surface area (Å²) < 4.78 is 28.2. The lowest BCUT2D eigenvalue weighted by molar-refractivity contribution is 0.112. The van der Waals surface area contributed by atoms with Crippen molar-refractivity contribution in [2.45, 2.75) is 54.8 Å². The fourth-order valence-electron chi connectivity index (χ4n) is 2.47. The van der Waals surface area contributed by atoms with Crippen molar-refractivity contribution in [2.75, 3.05) is 21.3 Å². The summed E-state index contributed by atoms with van der Waals surface area (Å²) in [4.78, 5) is 10.7. The number of ether oxygens (including phenoxy) is 5. The summed E-state index contributed by atoms with van der Waals surface area (Å²) in [5.41, 5.74) is 1.52. The van der Waals surface area contributed by atoms with Crippen molar-refractivity contribution in [2.24, 2.45) is 0 Å². The van der Waals surface area contributed by atoms with Crippen molar-refractivity contribution in [3.63, 3.8) is 0 Å². The van der Waals surface area contributed by atoms with E-state index in [0.717, 1.165) is 22.1 Å². The Morgan fingerprint density at radius 3 is 1.47 bits per heavy atom. The molecule has 0 N–H and O–H groups in total. The Labute approximate surface area is 221 Å². The summed E-state index contributed by atoms with van der Waals surface area (Å²) >= 11 is 6.76. The molecule has 0 aliphatic rings. The summed E-state index contributed by atoms with van der Waals surface area (Å²) in [6.45, 7) is 7.79. The number of halogens is 2. The first-order valence-electron chi connectivity index (χ1n) is 9.89. The molecular formula is C26H38Br2O6. The molecule has 0 heterocycles. The van der Waals surface area contributed by atoms with Gasteiger partial charge in [0.05, 0.1) is 39.8 Å². The first-order valence-corrected chi connectivity index (χ1v) is 11.5. The smallest absolute Gasteiger partial charge is 0.162 e. The van der Waals surface area contributed by atoms with Gasteiger partial charge in [0, 0.05) is 14.5 Å². The monoisotopic (exact) mass is 604 g/mol. The minimum absolute atomic E-state index is 0. The van der Waals surface area contributed by atoms with E-state index in [1.807, 2.05) is 45.9 Å². The zero-order valence-electron chi connectivity index (χ0n) is 19.4. The summed E-state index contributed by atoms with van der Waals surface area (Å²) in [5.74, 6) is 2.63. The molecule has 8 heteroatoms. The van der Waals surface area contributed by atoms with Gasteiger partial charge in [0.2, 0.25) is 0 Å². The highest BCUT2D eigenvalue weighted by molar-refractivity contribution is 9.10. The molecule has 2 aromatic rings. The largest absolute Gasteiger partial charge is 0.504 e. The molecule has 2 aromatic carbocycles. The van der Waals surface area contributed by atoms with Gasteiger partial charge in [-0.25, -0.2) is 0 Å². The van der Waals surface area contributed by atoms with Gasteiger partial charge < -0.3 is 23.7 Å². The maximum absolute atomic E-state index is 10.7. The minimum atomic E-state index is 0. The molecule has 192 valence electrons. The normalized spacial score (nSPS) is 9.97. The number of aldehydes is 1. The number of carbonyl (C=O) groups excluding carboxylic acids is 1. The van der Waals surface area contributed by atoms with Gasteiger partial charge in [0.15, 0.2) is 29.3 Å². The zero-order valence-corrected chi connectivity index (χ0v) is 22.6. The summed E-state index contributed by atoms with van der Waals surface area (Å²) in [7, 11) is 4.80. The van der Waals surface area contributed by atoms with Gasteiger partial charge in [-0.3, -0.25) is 4.79 Å². The average molecular weight is 606 g/mol. The second-order valence-electron chi connectivity index (χ2n) is 7.04. The summed E-state index contributed by atoms with van der Waals surface area (Å²) in [5, 5.41) is 0. The highest BCUT2D eigenvalue weighted by atomic mass is 79.9. The first kappa shape index (κ1) is 34.0. The average Bonchev–Trinajstić information content (AvgIpc) is 2.74. The van der Waals surface area contributed by atoms with E-state index in [4.69, 9.17) is 23.7 Å². The van der Waals surface area contributed by atoms with Crippen molar-refractivity contribution in [1.82, 2.24) is 0 Å². The van der Waals surface area contributed by atoms with Gasteiger partial charge in [-0.2, -0.15) is 0 Å². The predicted octanol–water partition coefficient (Wildman–Crippen LogP) is 8.19. The molecule has 0 fully saturated rings. The van der Waals surface area contributed by atoms with Crippen LogP contribution in [-0.2, 0) is 4.74 Å². The Balaban J connectivity index is 0. The molecule has 2 rings (SSSR count). The van der Waals surface area contributed by atoms with Crippen molar-refractivity contribution in [3.05, 3.63) is 50.6 Å². The SMILES string of the molecule is C.C.COC=Cc1cc(OC(C)C)c(OC)cc1Br.COc1cc(Br)c(C=O)cc1OC(C)C. The summed E-state index contributed by atoms with van der Waals surface area (Å²) in [6, 6.07) is 7.18. The molecule has 0 amide bonds. The number of hydrogen-bond donors (Lipinski definition) is 0. The van der Waals surface area contributed by atoms with Gasteiger partial charge in [-0.05, 0) is 79.5 Å². The molecular weight excluding hydrogens is 568 g/mol. The summed E-state index contributed by atoms with van der Waals surface area (Å²) in [6.07, 6.45) is 4.39. The quantitative estimate of drug-likeness (QED) is 0.212. The second-order valence-corrected chi connectivity index (χ2v) is 8.75. The van der Waals surface area contributed by atoms with Crippen LogP contribution in [0.1, 0.15) is 58.5 Å². The third kappa shape index (κ3) is 10.8. The maximum atomic E-state index is 10.7. The Hall–Kier alpha value is -2.19. The lowest BCUT2D eigenvalue weighted by Crippen LogP contribution is -2.07. The van der Waals surface area contributed by atoms with Crippen LogP contribution in [-0.4, -0.2) is 39.8 Å². The molecule has 0 bridgehead atoms. The molecule has 0 radical (unpaired) electrons. The number of methoxy groups -OCH3 is 3. The molecule has 0 saturated carbocycles. The fraction of sp³-hybridized carbons (Fsp3) is 0.423. The molecule has 0 spiro atoms. The van der Waals surface area contributed by atoms with Crippen LogP contribution in [0.25, 0.3) is 6.08 Å².